The summed E-state index contributed by atoms with van der Waals surface area (Å²) in [4.78, 5) is 8.12. The molecule has 96 valence electrons. The second-order valence-corrected chi connectivity index (χ2v) is 4.69. The van der Waals surface area contributed by atoms with Gasteiger partial charge in [0.05, 0.1) is 0 Å². The van der Waals surface area contributed by atoms with Crippen molar-refractivity contribution in [2.24, 2.45) is 0 Å². The Hall–Kier alpha value is -2.42. The first-order valence-corrected chi connectivity index (χ1v) is 6.40. The minimum Gasteiger partial charge on any atom is -0.307 e. The Kier molecular flexibility index (Phi) is 3.11. The first kappa shape index (κ1) is 11.7. The zero-order valence-electron chi connectivity index (χ0n) is 10.4. The van der Waals surface area contributed by atoms with E-state index >= 15 is 0 Å². The van der Waals surface area contributed by atoms with Gasteiger partial charge in [0.2, 0.25) is 5.95 Å². The van der Waals surface area contributed by atoms with Crippen molar-refractivity contribution >= 4 is 11.8 Å². The van der Waals surface area contributed by atoms with Gasteiger partial charge in [0.15, 0.2) is 5.82 Å². The third-order valence-corrected chi connectivity index (χ3v) is 3.40. The maximum Gasteiger partial charge on any atom is 0.229 e. The lowest BCUT2D eigenvalue weighted by Crippen LogP contribution is -1.98. The van der Waals surface area contributed by atoms with Gasteiger partial charge >= 0.3 is 0 Å². The summed E-state index contributed by atoms with van der Waals surface area (Å²) in [6.45, 7) is 0. The van der Waals surface area contributed by atoms with E-state index in [2.05, 4.69) is 25.5 Å². The van der Waals surface area contributed by atoms with Crippen molar-refractivity contribution in [3.8, 4) is 6.07 Å². The summed E-state index contributed by atoms with van der Waals surface area (Å²) in [5.74, 6) is 1.68. The summed E-state index contributed by atoms with van der Waals surface area (Å²) in [6.07, 6.45) is 6.59. The molecule has 6 heteroatoms. The Morgan fingerprint density at radius 2 is 2.21 bits per heavy atom. The van der Waals surface area contributed by atoms with Crippen LogP contribution in [0.15, 0.2) is 18.3 Å². The molecule has 6 nitrogen and oxygen atoms in total. The first-order chi connectivity index (χ1) is 9.35. The zero-order valence-corrected chi connectivity index (χ0v) is 10.4. The van der Waals surface area contributed by atoms with E-state index in [9.17, 15) is 0 Å². The molecule has 3 rings (SSSR count). The molecule has 2 aromatic rings. The fourth-order valence-corrected chi connectivity index (χ4v) is 2.44. The van der Waals surface area contributed by atoms with Crippen LogP contribution < -0.4 is 5.32 Å². The molecule has 0 unspecified atom stereocenters. The van der Waals surface area contributed by atoms with Gasteiger partial charge in [-0.2, -0.15) is 10.4 Å². The number of nitrogens with zero attached hydrogens (tertiary/aromatic N) is 4. The molecular weight excluding hydrogens is 240 g/mol. The van der Waals surface area contributed by atoms with E-state index in [0.717, 1.165) is 5.69 Å². The van der Waals surface area contributed by atoms with Crippen molar-refractivity contribution in [1.29, 1.82) is 5.26 Å². The molecule has 0 radical (unpaired) electrons. The molecule has 0 atom stereocenters. The van der Waals surface area contributed by atoms with Gasteiger partial charge in [-0.1, -0.05) is 12.8 Å². The molecule has 0 saturated heterocycles. The van der Waals surface area contributed by atoms with E-state index in [0.29, 0.717) is 23.4 Å². The van der Waals surface area contributed by atoms with E-state index < -0.39 is 0 Å². The lowest BCUT2D eigenvalue weighted by atomic mass is 10.0. The summed E-state index contributed by atoms with van der Waals surface area (Å²) in [5.41, 5.74) is 1.50. The lowest BCUT2D eigenvalue weighted by molar-refractivity contribution is 0.693. The second kappa shape index (κ2) is 5.06. The summed E-state index contributed by atoms with van der Waals surface area (Å²) in [7, 11) is 0. The number of hydrogen-bond donors (Lipinski definition) is 2. The Bertz CT molecular complexity index is 606. The minimum atomic E-state index is 0.337. The average Bonchev–Trinajstić information content (AvgIpc) is 3.09. The summed E-state index contributed by atoms with van der Waals surface area (Å²) < 4.78 is 0. The quantitative estimate of drug-likeness (QED) is 0.878. The number of H-pyrrole nitrogens is 1. The van der Waals surface area contributed by atoms with Crippen molar-refractivity contribution in [3.05, 3.63) is 29.7 Å². The maximum atomic E-state index is 8.79. The number of hydrogen-bond acceptors (Lipinski definition) is 5. The first-order valence-electron chi connectivity index (χ1n) is 6.40. The molecule has 1 saturated carbocycles. The van der Waals surface area contributed by atoms with Gasteiger partial charge in [-0.25, -0.2) is 9.97 Å². The van der Waals surface area contributed by atoms with Crippen LogP contribution in [0.5, 0.6) is 0 Å². The van der Waals surface area contributed by atoms with E-state index in [1.165, 1.54) is 25.7 Å². The Balaban J connectivity index is 1.74. The zero-order chi connectivity index (χ0) is 13.1. The molecule has 0 amide bonds. The highest BCUT2D eigenvalue weighted by Crippen LogP contribution is 2.33. The van der Waals surface area contributed by atoms with E-state index in [1.807, 2.05) is 12.1 Å². The van der Waals surface area contributed by atoms with Crippen molar-refractivity contribution < 1.29 is 0 Å². The van der Waals surface area contributed by atoms with Gasteiger partial charge < -0.3 is 5.32 Å². The minimum absolute atomic E-state index is 0.337. The highest BCUT2D eigenvalue weighted by molar-refractivity contribution is 5.48. The number of aromatic nitrogens is 4. The van der Waals surface area contributed by atoms with Crippen LogP contribution in [0.4, 0.5) is 11.8 Å². The summed E-state index contributed by atoms with van der Waals surface area (Å²) in [6, 6.07) is 5.55. The third-order valence-electron chi connectivity index (χ3n) is 3.40. The smallest absolute Gasteiger partial charge is 0.229 e. The molecule has 1 fully saturated rings. The fourth-order valence-electron chi connectivity index (χ4n) is 2.44. The highest BCUT2D eigenvalue weighted by atomic mass is 15.2. The monoisotopic (exact) mass is 254 g/mol. The molecule has 1 aliphatic carbocycles. The van der Waals surface area contributed by atoms with Gasteiger partial charge in [-0.3, -0.25) is 5.10 Å². The van der Waals surface area contributed by atoms with Crippen LogP contribution >= 0.6 is 0 Å². The fraction of sp³-hybridized carbons (Fsp3) is 0.385. The molecular formula is C13H14N6. The topological polar surface area (TPSA) is 90.3 Å². The van der Waals surface area contributed by atoms with E-state index in [1.54, 1.807) is 12.3 Å². The van der Waals surface area contributed by atoms with Crippen molar-refractivity contribution in [1.82, 2.24) is 20.2 Å². The number of aromatic amines is 1. The normalized spacial score (nSPS) is 15.3. The van der Waals surface area contributed by atoms with Gasteiger partial charge in [-0.15, -0.1) is 0 Å². The molecule has 19 heavy (non-hydrogen) atoms. The number of nitriles is 1. The van der Waals surface area contributed by atoms with Crippen LogP contribution in [0, 0.1) is 11.3 Å². The predicted octanol–water partition coefficient (Wildman–Crippen LogP) is 2.47. The number of nitrogens with one attached hydrogen (secondary N) is 2. The van der Waals surface area contributed by atoms with Crippen LogP contribution in [0.25, 0.3) is 0 Å². The van der Waals surface area contributed by atoms with Crippen molar-refractivity contribution in [2.75, 3.05) is 5.32 Å². The number of rotatable bonds is 3. The van der Waals surface area contributed by atoms with Crippen LogP contribution in [0.1, 0.15) is 43.0 Å². The lowest BCUT2D eigenvalue weighted by Gasteiger charge is -2.03. The molecule has 0 spiro atoms. The van der Waals surface area contributed by atoms with E-state index in [-0.39, 0.29) is 0 Å². The predicted molar refractivity (Wildman–Crippen MR) is 69.8 cm³/mol. The number of anilines is 2. The Morgan fingerprint density at radius 1 is 1.37 bits per heavy atom. The Labute approximate surface area is 110 Å². The molecule has 2 aromatic heterocycles. The highest BCUT2D eigenvalue weighted by Gasteiger charge is 2.19. The average molecular weight is 254 g/mol. The largest absolute Gasteiger partial charge is 0.307 e. The molecule has 2 N–H and O–H groups in total. The Morgan fingerprint density at radius 3 is 3.00 bits per heavy atom. The summed E-state index contributed by atoms with van der Waals surface area (Å²) in [5, 5.41) is 19.1. The second-order valence-electron chi connectivity index (χ2n) is 4.69. The molecule has 1 aliphatic rings. The van der Waals surface area contributed by atoms with Gasteiger partial charge in [0.1, 0.15) is 11.8 Å². The van der Waals surface area contributed by atoms with Crippen molar-refractivity contribution in [2.45, 2.75) is 31.6 Å². The van der Waals surface area contributed by atoms with Gasteiger partial charge in [-0.05, 0) is 18.9 Å². The standard InChI is InChI=1S/C13H14N6/c14-8-10-5-6-15-13(16-10)17-12-7-11(18-19-12)9-3-1-2-4-9/h5-7,9H,1-4H2,(H2,15,16,17,18,19). The van der Waals surface area contributed by atoms with Crippen LogP contribution in [0.3, 0.4) is 0 Å². The molecule has 0 bridgehead atoms. The molecule has 2 heterocycles. The van der Waals surface area contributed by atoms with Crippen LogP contribution in [-0.4, -0.2) is 20.2 Å². The van der Waals surface area contributed by atoms with Gasteiger partial charge in [0.25, 0.3) is 0 Å². The van der Waals surface area contributed by atoms with Crippen LogP contribution in [0.2, 0.25) is 0 Å². The molecule has 0 aliphatic heterocycles. The SMILES string of the molecule is N#Cc1ccnc(Nc2cc(C3CCCC3)[nH]n2)n1. The summed E-state index contributed by atoms with van der Waals surface area (Å²) >= 11 is 0. The van der Waals surface area contributed by atoms with Crippen molar-refractivity contribution in [3.63, 3.8) is 0 Å². The third kappa shape index (κ3) is 2.55. The van der Waals surface area contributed by atoms with E-state index in [4.69, 9.17) is 5.26 Å². The van der Waals surface area contributed by atoms with Gasteiger partial charge in [0, 0.05) is 23.9 Å². The molecule has 0 aromatic carbocycles. The maximum absolute atomic E-state index is 8.79. The van der Waals surface area contributed by atoms with Crippen LogP contribution in [-0.2, 0) is 0 Å².